The van der Waals surface area contributed by atoms with Crippen LogP contribution in [0.4, 0.5) is 0 Å². The second-order valence-corrected chi connectivity index (χ2v) is 8.66. The summed E-state index contributed by atoms with van der Waals surface area (Å²) >= 11 is 0. The zero-order valence-corrected chi connectivity index (χ0v) is 17.8. The van der Waals surface area contributed by atoms with E-state index in [1.807, 2.05) is 11.9 Å². The lowest BCUT2D eigenvalue weighted by molar-refractivity contribution is 0.0649. The number of hydrogen-bond acceptors (Lipinski definition) is 4. The molecule has 1 unspecified atom stereocenters. The lowest BCUT2D eigenvalue weighted by Gasteiger charge is -2.44. The maximum Gasteiger partial charge on any atom is 0.289 e. The first-order chi connectivity index (χ1) is 13.4. The van der Waals surface area contributed by atoms with Crippen LogP contribution in [0.5, 0.6) is 0 Å². The molecule has 28 heavy (non-hydrogen) atoms. The molecular formula is C21H35N5O2. The van der Waals surface area contributed by atoms with Crippen LogP contribution in [0.2, 0.25) is 0 Å². The first-order valence-corrected chi connectivity index (χ1v) is 10.4. The van der Waals surface area contributed by atoms with E-state index in [4.69, 9.17) is 4.42 Å². The van der Waals surface area contributed by atoms with E-state index in [1.54, 1.807) is 18.4 Å². The van der Waals surface area contributed by atoms with Crippen molar-refractivity contribution in [3.63, 3.8) is 0 Å². The van der Waals surface area contributed by atoms with Gasteiger partial charge in [0.25, 0.3) is 5.91 Å². The van der Waals surface area contributed by atoms with Crippen LogP contribution in [-0.4, -0.2) is 85.0 Å². The summed E-state index contributed by atoms with van der Waals surface area (Å²) in [5.41, 5.74) is 0.0850. The summed E-state index contributed by atoms with van der Waals surface area (Å²) in [7, 11) is 1.83. The SMILES string of the molecule is CN=C(NCC(C)(C)N1CCCC(C)C1)N1CCN(C(=O)c2ccco2)CC1. The number of nitrogens with one attached hydrogen (secondary N) is 1. The number of piperidine rings is 1. The second-order valence-electron chi connectivity index (χ2n) is 8.66. The van der Waals surface area contributed by atoms with E-state index in [0.717, 1.165) is 31.5 Å². The monoisotopic (exact) mass is 389 g/mol. The molecule has 1 amide bonds. The molecule has 2 fully saturated rings. The molecule has 2 aliphatic rings. The molecule has 7 heteroatoms. The molecule has 0 spiro atoms. The van der Waals surface area contributed by atoms with Crippen molar-refractivity contribution in [3.8, 4) is 0 Å². The van der Waals surface area contributed by atoms with Crippen molar-refractivity contribution in [2.24, 2.45) is 10.9 Å². The van der Waals surface area contributed by atoms with E-state index < -0.39 is 0 Å². The lowest BCUT2D eigenvalue weighted by Crippen LogP contribution is -2.58. The maximum atomic E-state index is 12.4. The molecule has 156 valence electrons. The molecule has 2 saturated heterocycles. The Morgan fingerprint density at radius 1 is 1.25 bits per heavy atom. The number of aliphatic imine (C=N–C) groups is 1. The number of guanidine groups is 1. The van der Waals surface area contributed by atoms with Crippen LogP contribution < -0.4 is 5.32 Å². The van der Waals surface area contributed by atoms with Gasteiger partial charge in [0.05, 0.1) is 6.26 Å². The van der Waals surface area contributed by atoms with Gasteiger partial charge < -0.3 is 19.5 Å². The molecule has 0 saturated carbocycles. The van der Waals surface area contributed by atoms with Gasteiger partial charge in [0, 0.05) is 51.9 Å². The number of furan rings is 1. The first kappa shape index (κ1) is 20.7. The number of likely N-dealkylation sites (tertiary alicyclic amines) is 1. The Morgan fingerprint density at radius 3 is 2.57 bits per heavy atom. The highest BCUT2D eigenvalue weighted by molar-refractivity contribution is 5.91. The fourth-order valence-electron chi connectivity index (χ4n) is 4.16. The predicted molar refractivity (Wildman–Crippen MR) is 112 cm³/mol. The quantitative estimate of drug-likeness (QED) is 0.631. The van der Waals surface area contributed by atoms with E-state index in [-0.39, 0.29) is 11.4 Å². The molecular weight excluding hydrogens is 354 g/mol. The molecule has 1 N–H and O–H groups in total. The smallest absolute Gasteiger partial charge is 0.289 e. The van der Waals surface area contributed by atoms with Gasteiger partial charge in [-0.3, -0.25) is 14.7 Å². The Bertz CT molecular complexity index is 662. The summed E-state index contributed by atoms with van der Waals surface area (Å²) in [6.45, 7) is 13.1. The Labute approximate surface area is 168 Å². The summed E-state index contributed by atoms with van der Waals surface area (Å²) in [4.78, 5) is 23.6. The summed E-state index contributed by atoms with van der Waals surface area (Å²) in [6, 6.07) is 3.47. The number of nitrogens with zero attached hydrogens (tertiary/aromatic N) is 4. The highest BCUT2D eigenvalue weighted by atomic mass is 16.3. The summed E-state index contributed by atoms with van der Waals surface area (Å²) in [5.74, 6) is 2.07. The molecule has 3 heterocycles. The van der Waals surface area contributed by atoms with Crippen molar-refractivity contribution >= 4 is 11.9 Å². The van der Waals surface area contributed by atoms with Crippen molar-refractivity contribution in [2.45, 2.75) is 39.2 Å². The van der Waals surface area contributed by atoms with Crippen molar-refractivity contribution in [1.29, 1.82) is 0 Å². The third kappa shape index (κ3) is 4.87. The van der Waals surface area contributed by atoms with Crippen molar-refractivity contribution in [2.75, 3.05) is 52.9 Å². The Hall–Kier alpha value is -2.02. The number of carbonyl (C=O) groups excluding carboxylic acids is 1. The normalized spacial score (nSPS) is 22.4. The minimum atomic E-state index is -0.0343. The van der Waals surface area contributed by atoms with Crippen LogP contribution in [-0.2, 0) is 0 Å². The largest absolute Gasteiger partial charge is 0.459 e. The average molecular weight is 390 g/mol. The van der Waals surface area contributed by atoms with Gasteiger partial charge in [-0.1, -0.05) is 6.92 Å². The molecule has 3 rings (SSSR count). The van der Waals surface area contributed by atoms with Crippen LogP contribution >= 0.6 is 0 Å². The zero-order chi connectivity index (χ0) is 20.1. The Kier molecular flexibility index (Phi) is 6.65. The fourth-order valence-corrected chi connectivity index (χ4v) is 4.16. The van der Waals surface area contributed by atoms with Gasteiger partial charge in [-0.15, -0.1) is 0 Å². The number of carbonyl (C=O) groups is 1. The molecule has 1 aromatic heterocycles. The summed E-state index contributed by atoms with van der Waals surface area (Å²) in [5, 5.41) is 3.58. The van der Waals surface area contributed by atoms with Crippen LogP contribution in [0.25, 0.3) is 0 Å². The highest BCUT2D eigenvalue weighted by Crippen LogP contribution is 2.23. The van der Waals surface area contributed by atoms with E-state index >= 15 is 0 Å². The number of amides is 1. The van der Waals surface area contributed by atoms with Gasteiger partial charge in [0.2, 0.25) is 0 Å². The molecule has 1 aromatic rings. The van der Waals surface area contributed by atoms with Gasteiger partial charge in [-0.2, -0.15) is 0 Å². The van der Waals surface area contributed by atoms with Crippen LogP contribution in [0.1, 0.15) is 44.2 Å². The molecule has 2 aliphatic heterocycles. The van der Waals surface area contributed by atoms with E-state index in [1.165, 1.54) is 25.9 Å². The first-order valence-electron chi connectivity index (χ1n) is 10.4. The third-order valence-corrected chi connectivity index (χ3v) is 6.00. The number of hydrogen-bond donors (Lipinski definition) is 1. The summed E-state index contributed by atoms with van der Waals surface area (Å²) < 4.78 is 5.24. The van der Waals surface area contributed by atoms with E-state index in [2.05, 4.69) is 40.9 Å². The minimum absolute atomic E-state index is 0.0343. The third-order valence-electron chi connectivity index (χ3n) is 6.00. The van der Waals surface area contributed by atoms with Gasteiger partial charge in [0.1, 0.15) is 0 Å². The van der Waals surface area contributed by atoms with Crippen LogP contribution in [0.15, 0.2) is 27.8 Å². The van der Waals surface area contributed by atoms with Crippen LogP contribution in [0, 0.1) is 5.92 Å². The average Bonchev–Trinajstić information content (AvgIpc) is 3.23. The molecule has 0 radical (unpaired) electrons. The van der Waals surface area contributed by atoms with Gasteiger partial charge in [-0.05, 0) is 51.3 Å². The zero-order valence-electron chi connectivity index (χ0n) is 17.8. The minimum Gasteiger partial charge on any atom is -0.459 e. The molecule has 0 aromatic carbocycles. The molecule has 0 aliphatic carbocycles. The topological polar surface area (TPSA) is 64.3 Å². The number of piperazine rings is 1. The van der Waals surface area contributed by atoms with Gasteiger partial charge in [-0.25, -0.2) is 0 Å². The van der Waals surface area contributed by atoms with Crippen molar-refractivity contribution in [1.82, 2.24) is 20.0 Å². The molecule has 7 nitrogen and oxygen atoms in total. The van der Waals surface area contributed by atoms with E-state index in [0.29, 0.717) is 18.8 Å². The standard InChI is InChI=1S/C21H35N5O2/c1-17-7-5-9-26(15-17)21(2,3)16-23-20(22-4)25-12-10-24(11-13-25)19(27)18-8-6-14-28-18/h6,8,14,17H,5,7,9-13,15-16H2,1-4H3,(H,22,23). The molecule has 1 atom stereocenters. The Balaban J connectivity index is 1.50. The Morgan fingerprint density at radius 2 is 1.96 bits per heavy atom. The lowest BCUT2D eigenvalue weighted by atomic mass is 9.93. The maximum absolute atomic E-state index is 12.4. The van der Waals surface area contributed by atoms with Crippen molar-refractivity contribution in [3.05, 3.63) is 24.2 Å². The van der Waals surface area contributed by atoms with Gasteiger partial charge in [0.15, 0.2) is 11.7 Å². The van der Waals surface area contributed by atoms with Crippen LogP contribution in [0.3, 0.4) is 0 Å². The van der Waals surface area contributed by atoms with Gasteiger partial charge >= 0.3 is 0 Å². The van der Waals surface area contributed by atoms with Crippen molar-refractivity contribution < 1.29 is 9.21 Å². The van der Waals surface area contributed by atoms with E-state index in [9.17, 15) is 4.79 Å². The highest BCUT2D eigenvalue weighted by Gasteiger charge is 2.31. The molecule has 0 bridgehead atoms. The fraction of sp³-hybridized carbons (Fsp3) is 0.714. The number of rotatable bonds is 4. The second kappa shape index (κ2) is 8.99. The summed E-state index contributed by atoms with van der Waals surface area (Å²) in [6.07, 6.45) is 4.16. The predicted octanol–water partition coefficient (Wildman–Crippen LogP) is 2.12.